The standard InChI is InChI=1S/C8H11NO4/c1-2-13-8(12)6(7(10)11)4-3-5-9/h6H,2-4H2,1H3,(H,10,11)/t6-/m1/s1. The van der Waals surface area contributed by atoms with Crippen molar-refractivity contribution in [1.82, 2.24) is 0 Å². The number of hydrogen-bond acceptors (Lipinski definition) is 4. The lowest BCUT2D eigenvalue weighted by atomic mass is 10.0. The van der Waals surface area contributed by atoms with E-state index in [1.807, 2.05) is 0 Å². The number of ether oxygens (including phenoxy) is 1. The van der Waals surface area contributed by atoms with Crippen molar-refractivity contribution in [3.8, 4) is 6.07 Å². The van der Waals surface area contributed by atoms with E-state index in [0.717, 1.165) is 0 Å². The Kier molecular flexibility index (Phi) is 5.28. The highest BCUT2D eigenvalue weighted by molar-refractivity contribution is 5.93. The van der Waals surface area contributed by atoms with Crippen LogP contribution < -0.4 is 0 Å². The van der Waals surface area contributed by atoms with Crippen molar-refractivity contribution < 1.29 is 19.4 Å². The second kappa shape index (κ2) is 6.00. The fraction of sp³-hybridized carbons (Fsp3) is 0.625. The summed E-state index contributed by atoms with van der Waals surface area (Å²) in [6.07, 6.45) is 0.0421. The summed E-state index contributed by atoms with van der Waals surface area (Å²) in [4.78, 5) is 21.5. The molecule has 0 fully saturated rings. The average molecular weight is 185 g/mol. The van der Waals surface area contributed by atoms with Gasteiger partial charge in [0.05, 0.1) is 12.7 Å². The Morgan fingerprint density at radius 3 is 2.62 bits per heavy atom. The van der Waals surface area contributed by atoms with Crippen molar-refractivity contribution >= 4 is 11.9 Å². The first-order valence-corrected chi connectivity index (χ1v) is 3.89. The number of carbonyl (C=O) groups excluding carboxylic acids is 1. The molecule has 0 aromatic carbocycles. The molecule has 13 heavy (non-hydrogen) atoms. The fourth-order valence-electron chi connectivity index (χ4n) is 0.794. The number of carbonyl (C=O) groups is 2. The van der Waals surface area contributed by atoms with Gasteiger partial charge in [0.2, 0.25) is 0 Å². The van der Waals surface area contributed by atoms with Crippen LogP contribution in [0.15, 0.2) is 0 Å². The minimum atomic E-state index is -1.24. The van der Waals surface area contributed by atoms with E-state index in [2.05, 4.69) is 4.74 Å². The van der Waals surface area contributed by atoms with Crippen molar-refractivity contribution in [1.29, 1.82) is 5.26 Å². The zero-order valence-electron chi connectivity index (χ0n) is 7.32. The summed E-state index contributed by atoms with van der Waals surface area (Å²) in [5, 5.41) is 16.8. The zero-order chi connectivity index (χ0) is 10.3. The third-order valence-corrected chi connectivity index (χ3v) is 1.41. The van der Waals surface area contributed by atoms with Gasteiger partial charge in [-0.15, -0.1) is 0 Å². The first-order chi connectivity index (χ1) is 6.13. The summed E-state index contributed by atoms with van der Waals surface area (Å²) < 4.78 is 4.53. The molecule has 5 heteroatoms. The molecule has 0 amide bonds. The summed E-state index contributed by atoms with van der Waals surface area (Å²) in [6.45, 7) is 1.75. The first kappa shape index (κ1) is 11.4. The Balaban J connectivity index is 4.17. The van der Waals surface area contributed by atoms with Crippen LogP contribution in [0.3, 0.4) is 0 Å². The molecule has 0 heterocycles. The smallest absolute Gasteiger partial charge is 0.320 e. The number of nitrogens with zero attached hydrogens (tertiary/aromatic N) is 1. The van der Waals surface area contributed by atoms with Crippen LogP contribution in [0.1, 0.15) is 19.8 Å². The molecule has 0 aliphatic rings. The molecule has 0 aromatic heterocycles. The maximum absolute atomic E-state index is 11.0. The molecule has 1 N–H and O–H groups in total. The summed E-state index contributed by atoms with van der Waals surface area (Å²) >= 11 is 0. The molecular weight excluding hydrogens is 174 g/mol. The van der Waals surface area contributed by atoms with E-state index in [1.165, 1.54) is 0 Å². The molecule has 0 aliphatic heterocycles. The van der Waals surface area contributed by atoms with Crippen LogP contribution in [-0.2, 0) is 14.3 Å². The van der Waals surface area contributed by atoms with Crippen molar-refractivity contribution in [2.24, 2.45) is 5.92 Å². The normalized spacial score (nSPS) is 11.4. The molecular formula is C8H11NO4. The molecule has 0 radical (unpaired) electrons. The predicted molar refractivity (Wildman–Crippen MR) is 42.6 cm³/mol. The van der Waals surface area contributed by atoms with E-state index in [0.29, 0.717) is 0 Å². The van der Waals surface area contributed by atoms with E-state index in [-0.39, 0.29) is 19.4 Å². The Morgan fingerprint density at radius 2 is 2.23 bits per heavy atom. The number of rotatable bonds is 5. The molecule has 0 spiro atoms. The second-order valence-corrected chi connectivity index (χ2v) is 2.34. The van der Waals surface area contributed by atoms with Crippen LogP contribution in [0.4, 0.5) is 0 Å². The van der Waals surface area contributed by atoms with Crippen LogP contribution in [0.25, 0.3) is 0 Å². The van der Waals surface area contributed by atoms with Gasteiger partial charge in [0.25, 0.3) is 0 Å². The summed E-state index contributed by atoms with van der Waals surface area (Å²) in [5.41, 5.74) is 0. The number of nitriles is 1. The van der Waals surface area contributed by atoms with Crippen molar-refractivity contribution in [3.63, 3.8) is 0 Å². The lowest BCUT2D eigenvalue weighted by Gasteiger charge is -2.08. The average Bonchev–Trinajstić information content (AvgIpc) is 2.05. The molecule has 0 bridgehead atoms. The molecule has 0 unspecified atom stereocenters. The lowest BCUT2D eigenvalue weighted by molar-refractivity contribution is -0.158. The minimum absolute atomic E-state index is 0.00463. The van der Waals surface area contributed by atoms with E-state index in [9.17, 15) is 9.59 Å². The zero-order valence-corrected chi connectivity index (χ0v) is 7.32. The first-order valence-electron chi connectivity index (χ1n) is 3.89. The maximum atomic E-state index is 11.0. The molecule has 72 valence electrons. The highest BCUT2D eigenvalue weighted by atomic mass is 16.5. The number of carboxylic acid groups (broad SMARTS) is 1. The Labute approximate surface area is 75.9 Å². The summed E-state index contributed by atoms with van der Waals surface area (Å²) in [5.74, 6) is -3.22. The topological polar surface area (TPSA) is 87.4 Å². The predicted octanol–water partition coefficient (Wildman–Crippen LogP) is 0.554. The van der Waals surface area contributed by atoms with E-state index >= 15 is 0 Å². The quantitative estimate of drug-likeness (QED) is 0.499. The molecule has 0 aromatic rings. The number of hydrogen-bond donors (Lipinski definition) is 1. The van der Waals surface area contributed by atoms with Crippen LogP contribution in [0, 0.1) is 17.2 Å². The summed E-state index contributed by atoms with van der Waals surface area (Å²) in [6, 6.07) is 1.78. The maximum Gasteiger partial charge on any atom is 0.320 e. The number of carboxylic acids is 1. The van der Waals surface area contributed by atoms with Crippen LogP contribution in [0.5, 0.6) is 0 Å². The van der Waals surface area contributed by atoms with Gasteiger partial charge in [0, 0.05) is 6.42 Å². The number of aliphatic carboxylic acids is 1. The highest BCUT2D eigenvalue weighted by Crippen LogP contribution is 2.08. The van der Waals surface area contributed by atoms with E-state index < -0.39 is 17.9 Å². The molecule has 0 rings (SSSR count). The second-order valence-electron chi connectivity index (χ2n) is 2.34. The summed E-state index contributed by atoms with van der Waals surface area (Å²) in [7, 11) is 0. The third-order valence-electron chi connectivity index (χ3n) is 1.41. The van der Waals surface area contributed by atoms with Crippen LogP contribution in [-0.4, -0.2) is 23.7 Å². The molecule has 0 aliphatic carbocycles. The van der Waals surface area contributed by atoms with Gasteiger partial charge in [0.15, 0.2) is 5.92 Å². The van der Waals surface area contributed by atoms with Gasteiger partial charge < -0.3 is 9.84 Å². The molecule has 0 saturated heterocycles. The Hall–Kier alpha value is -1.57. The number of esters is 1. The van der Waals surface area contributed by atoms with Gasteiger partial charge in [-0.2, -0.15) is 5.26 Å². The third kappa shape index (κ3) is 4.11. The van der Waals surface area contributed by atoms with Crippen LogP contribution >= 0.6 is 0 Å². The van der Waals surface area contributed by atoms with Crippen molar-refractivity contribution in [3.05, 3.63) is 0 Å². The van der Waals surface area contributed by atoms with Gasteiger partial charge in [-0.25, -0.2) is 0 Å². The van der Waals surface area contributed by atoms with E-state index in [1.54, 1.807) is 13.0 Å². The molecule has 0 saturated carbocycles. The fourth-order valence-corrected chi connectivity index (χ4v) is 0.794. The molecule has 5 nitrogen and oxygen atoms in total. The lowest BCUT2D eigenvalue weighted by Crippen LogP contribution is -2.25. The largest absolute Gasteiger partial charge is 0.481 e. The van der Waals surface area contributed by atoms with Gasteiger partial charge in [-0.05, 0) is 13.3 Å². The van der Waals surface area contributed by atoms with Crippen molar-refractivity contribution in [2.75, 3.05) is 6.61 Å². The monoisotopic (exact) mass is 185 g/mol. The highest BCUT2D eigenvalue weighted by Gasteiger charge is 2.26. The Bertz CT molecular complexity index is 231. The van der Waals surface area contributed by atoms with Gasteiger partial charge in [-0.3, -0.25) is 9.59 Å². The SMILES string of the molecule is CCOC(=O)[C@H](CCC#N)C(=O)O. The van der Waals surface area contributed by atoms with Gasteiger partial charge >= 0.3 is 11.9 Å². The minimum Gasteiger partial charge on any atom is -0.481 e. The molecule has 1 atom stereocenters. The van der Waals surface area contributed by atoms with Crippen LogP contribution in [0.2, 0.25) is 0 Å². The van der Waals surface area contributed by atoms with Gasteiger partial charge in [0.1, 0.15) is 0 Å². The van der Waals surface area contributed by atoms with Gasteiger partial charge in [-0.1, -0.05) is 0 Å². The Morgan fingerprint density at radius 1 is 1.62 bits per heavy atom. The van der Waals surface area contributed by atoms with E-state index in [4.69, 9.17) is 10.4 Å². The van der Waals surface area contributed by atoms with Crippen molar-refractivity contribution in [2.45, 2.75) is 19.8 Å².